The van der Waals surface area contributed by atoms with Crippen LogP contribution in [0.2, 0.25) is 0 Å². The van der Waals surface area contributed by atoms with Crippen LogP contribution in [0.3, 0.4) is 0 Å². The minimum absolute atomic E-state index is 0.774. The minimum atomic E-state index is 0.774. The topological polar surface area (TPSA) is 34.3 Å². The zero-order chi connectivity index (χ0) is 14.4. The van der Waals surface area contributed by atoms with E-state index in [9.17, 15) is 0 Å². The highest BCUT2D eigenvalue weighted by atomic mass is 15.4. The smallest absolute Gasteiger partial charge is 0.212 e. The van der Waals surface area contributed by atoms with Crippen molar-refractivity contribution in [1.82, 2.24) is 9.55 Å². The molecule has 1 unspecified atom stereocenters. The van der Waals surface area contributed by atoms with Crippen molar-refractivity contribution in [2.75, 3.05) is 12.0 Å². The predicted octanol–water partition coefficient (Wildman–Crippen LogP) is 2.09. The predicted molar refractivity (Wildman–Crippen MR) is 85.2 cm³/mol. The fourth-order valence-electron chi connectivity index (χ4n) is 4.23. The number of aromatic nitrogens is 2. The van der Waals surface area contributed by atoms with Crippen molar-refractivity contribution < 1.29 is 4.90 Å². The minimum Gasteiger partial charge on any atom is -0.309 e. The first kappa shape index (κ1) is 13.1. The molecule has 112 valence electrons. The third-order valence-corrected chi connectivity index (χ3v) is 5.72. The molecule has 4 atom stereocenters. The van der Waals surface area contributed by atoms with Gasteiger partial charge < -0.3 is 5.32 Å². The molecular weight excluding hydrogens is 260 g/mol. The Kier molecular flexibility index (Phi) is 3.14. The highest BCUT2D eigenvalue weighted by molar-refractivity contribution is 5.78. The Balaban J connectivity index is 1.64. The van der Waals surface area contributed by atoms with E-state index < -0.39 is 0 Å². The van der Waals surface area contributed by atoms with E-state index >= 15 is 0 Å². The van der Waals surface area contributed by atoms with Crippen molar-refractivity contribution in [3.05, 3.63) is 24.3 Å². The van der Waals surface area contributed by atoms with Gasteiger partial charge in [-0.3, -0.25) is 9.47 Å². The fourth-order valence-corrected chi connectivity index (χ4v) is 4.23. The van der Waals surface area contributed by atoms with Gasteiger partial charge in [0.15, 0.2) is 13.3 Å². The third-order valence-electron chi connectivity index (χ3n) is 5.72. The highest BCUT2D eigenvalue weighted by Gasteiger charge is 2.36. The van der Waals surface area contributed by atoms with E-state index in [0.29, 0.717) is 0 Å². The average molecular weight is 285 g/mol. The van der Waals surface area contributed by atoms with Crippen LogP contribution in [0, 0.1) is 11.8 Å². The van der Waals surface area contributed by atoms with Crippen LogP contribution < -0.4 is 10.2 Å². The van der Waals surface area contributed by atoms with E-state index in [1.807, 2.05) is 0 Å². The lowest BCUT2D eigenvalue weighted by atomic mass is 9.77. The van der Waals surface area contributed by atoms with Crippen LogP contribution >= 0.6 is 0 Å². The fraction of sp³-hybridized carbons (Fsp3) is 0.588. The molecule has 1 aromatic heterocycles. The Morgan fingerprint density at radius 2 is 2.10 bits per heavy atom. The molecule has 21 heavy (non-hydrogen) atoms. The van der Waals surface area contributed by atoms with Gasteiger partial charge in [-0.05, 0) is 37.3 Å². The number of para-hydroxylation sites is 2. The molecule has 1 aliphatic carbocycles. The number of benzene rings is 1. The summed E-state index contributed by atoms with van der Waals surface area (Å²) >= 11 is 0. The number of imidazole rings is 1. The van der Waals surface area contributed by atoms with Gasteiger partial charge in [-0.25, -0.2) is 4.98 Å². The van der Waals surface area contributed by atoms with E-state index in [4.69, 9.17) is 4.98 Å². The zero-order valence-corrected chi connectivity index (χ0v) is 13.0. The van der Waals surface area contributed by atoms with Crippen molar-refractivity contribution in [3.63, 3.8) is 0 Å². The molecule has 2 aromatic rings. The molecular formula is C17H25N4+. The summed E-state index contributed by atoms with van der Waals surface area (Å²) in [5, 5.41) is 3.55. The normalized spacial score (nSPS) is 32.7. The Bertz CT molecular complexity index is 647. The van der Waals surface area contributed by atoms with Gasteiger partial charge in [-0.2, -0.15) is 0 Å². The van der Waals surface area contributed by atoms with Crippen molar-refractivity contribution in [2.24, 2.45) is 11.8 Å². The molecule has 4 nitrogen and oxygen atoms in total. The van der Waals surface area contributed by atoms with E-state index in [0.717, 1.165) is 42.7 Å². The number of nitrogens with one attached hydrogen (secondary N) is 2. The number of hydrogen-bond donors (Lipinski definition) is 2. The van der Waals surface area contributed by atoms with Gasteiger partial charge in [-0.1, -0.05) is 26.0 Å². The molecule has 4 rings (SSSR count). The highest BCUT2D eigenvalue weighted by Crippen LogP contribution is 2.28. The van der Waals surface area contributed by atoms with Crippen molar-refractivity contribution >= 4 is 17.0 Å². The Labute approximate surface area is 126 Å². The molecule has 0 radical (unpaired) electrons. The summed E-state index contributed by atoms with van der Waals surface area (Å²) in [6.07, 6.45) is 4.15. The van der Waals surface area contributed by atoms with Gasteiger partial charge in [0.2, 0.25) is 5.95 Å². The summed E-state index contributed by atoms with van der Waals surface area (Å²) in [5.41, 5.74) is 2.36. The quantitative estimate of drug-likeness (QED) is 0.841. The second-order valence-electron chi connectivity index (χ2n) is 6.90. The number of anilines is 1. The van der Waals surface area contributed by atoms with Crippen LogP contribution in [-0.4, -0.2) is 22.3 Å². The van der Waals surface area contributed by atoms with Gasteiger partial charge in [0.05, 0.1) is 17.1 Å². The van der Waals surface area contributed by atoms with E-state index in [-0.39, 0.29) is 0 Å². The molecule has 2 aliphatic rings. The standard InChI is InChI=1S/C17H24N4/c1-12-6-5-9-15(13(12)2)20-10-18-17-19-14-7-3-4-8-16(14)21(17)11-20/h3-4,7-8,12-13,15H,5-6,9-11H2,1-2H3,(H,18,19)/p+1/t12-,13+,15+/m0/s1. The van der Waals surface area contributed by atoms with Crippen LogP contribution in [0.1, 0.15) is 33.1 Å². The van der Waals surface area contributed by atoms with Gasteiger partial charge in [0.25, 0.3) is 0 Å². The van der Waals surface area contributed by atoms with E-state index in [2.05, 4.69) is 48.0 Å². The first-order valence-corrected chi connectivity index (χ1v) is 8.28. The van der Waals surface area contributed by atoms with Crippen LogP contribution in [-0.2, 0) is 6.67 Å². The lowest BCUT2D eigenvalue weighted by Gasteiger charge is -2.40. The van der Waals surface area contributed by atoms with Crippen LogP contribution in [0.5, 0.6) is 0 Å². The van der Waals surface area contributed by atoms with Gasteiger partial charge in [0, 0.05) is 5.92 Å². The molecule has 1 aliphatic heterocycles. The Morgan fingerprint density at radius 1 is 1.24 bits per heavy atom. The number of fused-ring (bicyclic) bond motifs is 3. The summed E-state index contributed by atoms with van der Waals surface area (Å²) in [6, 6.07) is 9.24. The molecule has 0 spiro atoms. The maximum absolute atomic E-state index is 4.71. The molecule has 2 heterocycles. The average Bonchev–Trinajstić information content (AvgIpc) is 2.88. The molecule has 2 N–H and O–H groups in total. The Hall–Kier alpha value is -1.55. The molecule has 1 fully saturated rings. The summed E-state index contributed by atoms with van der Waals surface area (Å²) in [6.45, 7) is 6.92. The first-order valence-electron chi connectivity index (χ1n) is 8.28. The second-order valence-corrected chi connectivity index (χ2v) is 6.90. The summed E-state index contributed by atoms with van der Waals surface area (Å²) < 4.78 is 2.36. The van der Waals surface area contributed by atoms with Gasteiger partial charge >= 0.3 is 0 Å². The molecule has 0 saturated heterocycles. The number of hydrogen-bond acceptors (Lipinski definition) is 2. The maximum atomic E-state index is 4.71. The molecule has 1 aromatic carbocycles. The lowest BCUT2D eigenvalue weighted by molar-refractivity contribution is -0.951. The summed E-state index contributed by atoms with van der Waals surface area (Å²) in [5.74, 6) is 2.71. The van der Waals surface area contributed by atoms with Crippen molar-refractivity contribution in [2.45, 2.75) is 45.8 Å². The van der Waals surface area contributed by atoms with Gasteiger partial charge in [-0.15, -0.1) is 0 Å². The van der Waals surface area contributed by atoms with Crippen molar-refractivity contribution in [1.29, 1.82) is 0 Å². The van der Waals surface area contributed by atoms with E-state index in [1.54, 1.807) is 4.90 Å². The van der Waals surface area contributed by atoms with Crippen LogP contribution in [0.25, 0.3) is 11.0 Å². The number of rotatable bonds is 1. The lowest BCUT2D eigenvalue weighted by Crippen LogP contribution is -3.17. The van der Waals surface area contributed by atoms with Crippen LogP contribution in [0.15, 0.2) is 24.3 Å². The largest absolute Gasteiger partial charge is 0.309 e. The number of nitrogens with zero attached hydrogens (tertiary/aromatic N) is 2. The molecule has 1 saturated carbocycles. The third kappa shape index (κ3) is 2.13. The summed E-state index contributed by atoms with van der Waals surface area (Å²) in [4.78, 5) is 6.38. The summed E-state index contributed by atoms with van der Waals surface area (Å²) in [7, 11) is 0. The molecule has 0 amide bonds. The molecule has 4 heteroatoms. The zero-order valence-electron chi connectivity index (χ0n) is 13.0. The monoisotopic (exact) mass is 285 g/mol. The Morgan fingerprint density at radius 3 is 3.00 bits per heavy atom. The van der Waals surface area contributed by atoms with Crippen LogP contribution in [0.4, 0.5) is 5.95 Å². The number of quaternary nitrogens is 1. The van der Waals surface area contributed by atoms with Crippen molar-refractivity contribution in [3.8, 4) is 0 Å². The second kappa shape index (κ2) is 5.02. The SMILES string of the molecule is C[C@H]1[C@H]([NH+]2CNc3nc4ccccc4n3C2)CCC[C@@H]1C. The van der Waals surface area contributed by atoms with Gasteiger partial charge in [0.1, 0.15) is 0 Å². The maximum Gasteiger partial charge on any atom is 0.212 e. The van der Waals surface area contributed by atoms with E-state index in [1.165, 1.54) is 24.8 Å². The first-order chi connectivity index (χ1) is 10.2. The molecule has 0 bridgehead atoms.